The van der Waals surface area contributed by atoms with Crippen molar-refractivity contribution >= 4 is 0 Å². The molecule has 0 atom stereocenters. The Morgan fingerprint density at radius 1 is 1.50 bits per heavy atom. The summed E-state index contributed by atoms with van der Waals surface area (Å²) in [5.41, 5.74) is 0. The van der Waals surface area contributed by atoms with Gasteiger partial charge in [0, 0.05) is 0 Å². The Morgan fingerprint density at radius 3 is 1.50 bits per heavy atom. The Hall–Kier alpha value is 0.514. The Bertz CT molecular complexity index is 6.00. The summed E-state index contributed by atoms with van der Waals surface area (Å²) >= 11 is 0.750. The van der Waals surface area contributed by atoms with Crippen LogP contribution in [0.1, 0.15) is 6.92 Å². The normalized spacial score (nSPS) is 3.00. The van der Waals surface area contributed by atoms with Crippen LogP contribution in [0.2, 0.25) is 0 Å². The second kappa shape index (κ2) is 84.0. The molecule has 0 saturated carbocycles. The summed E-state index contributed by atoms with van der Waals surface area (Å²) < 4.78 is 8.25. The molecule has 23 valence electrons. The zero-order chi connectivity index (χ0) is 4.00. The molecule has 0 heterocycles. The first-order valence-electron chi connectivity index (χ1n) is 0.911. The molecule has 0 saturated heterocycles. The van der Waals surface area contributed by atoms with Crippen molar-refractivity contribution in [2.24, 2.45) is 0 Å². The quantitative estimate of drug-likeness (QED) is 0.318. The van der Waals surface area contributed by atoms with Crippen molar-refractivity contribution in [1.82, 2.24) is 0 Å². The SMILES string of the molecule is [CH2-]C.[O]=[Ti+]. The summed E-state index contributed by atoms with van der Waals surface area (Å²) in [4.78, 5) is 0. The van der Waals surface area contributed by atoms with E-state index in [-0.39, 0.29) is 0 Å². The molecule has 1 nitrogen and oxygen atoms in total. The van der Waals surface area contributed by atoms with E-state index in [0.29, 0.717) is 0 Å². The predicted octanol–water partition coefficient (Wildman–Crippen LogP) is 0.719. The van der Waals surface area contributed by atoms with Gasteiger partial charge in [-0.15, -0.1) is 0 Å². The van der Waals surface area contributed by atoms with E-state index in [2.05, 4.69) is 6.92 Å². The fourth-order valence-corrected chi connectivity index (χ4v) is 0. The molecule has 4 heavy (non-hydrogen) atoms. The molecular formula is C2H5OTi. The molecule has 0 aliphatic rings. The molecule has 2 heteroatoms. The maximum absolute atomic E-state index is 8.25. The van der Waals surface area contributed by atoms with Crippen molar-refractivity contribution in [3.63, 3.8) is 0 Å². The van der Waals surface area contributed by atoms with Crippen LogP contribution in [-0.2, 0) is 23.7 Å². The van der Waals surface area contributed by atoms with Crippen LogP contribution in [0.25, 0.3) is 0 Å². The minimum absolute atomic E-state index is 0.750. The fraction of sp³-hybridized carbons (Fsp3) is 0.500. The Morgan fingerprint density at radius 2 is 1.50 bits per heavy atom. The van der Waals surface area contributed by atoms with Crippen LogP contribution in [0, 0.1) is 6.92 Å². The molecular weight excluding hydrogens is 87.9 g/mol. The molecule has 0 aromatic heterocycles. The molecule has 0 unspecified atom stereocenters. The molecule has 0 rings (SSSR count). The first-order chi connectivity index (χ1) is 2.00. The number of rotatable bonds is 0. The average molecular weight is 92.9 g/mol. The third-order valence-corrected chi connectivity index (χ3v) is 0. The van der Waals surface area contributed by atoms with Gasteiger partial charge in [-0.1, -0.05) is 0 Å². The van der Waals surface area contributed by atoms with Crippen LogP contribution >= 0.6 is 0 Å². The minimum atomic E-state index is 0.750. The molecule has 0 radical (unpaired) electrons. The molecule has 0 aliphatic heterocycles. The molecule has 0 bridgehead atoms. The van der Waals surface area contributed by atoms with Crippen LogP contribution in [0.15, 0.2) is 0 Å². The maximum atomic E-state index is 8.25. The van der Waals surface area contributed by atoms with Crippen molar-refractivity contribution < 1.29 is 23.7 Å². The van der Waals surface area contributed by atoms with Gasteiger partial charge in [0.2, 0.25) is 0 Å². The van der Waals surface area contributed by atoms with Gasteiger partial charge in [0.15, 0.2) is 0 Å². The molecule has 0 N–H and O–H groups in total. The summed E-state index contributed by atoms with van der Waals surface area (Å²) in [6.45, 7) is 5.00. The van der Waals surface area contributed by atoms with Gasteiger partial charge >= 0.3 is 23.7 Å². The van der Waals surface area contributed by atoms with Gasteiger partial charge < -0.3 is 6.92 Å². The van der Waals surface area contributed by atoms with Crippen molar-refractivity contribution in [3.8, 4) is 0 Å². The molecule has 0 fully saturated rings. The summed E-state index contributed by atoms with van der Waals surface area (Å²) in [5.74, 6) is 0. The van der Waals surface area contributed by atoms with E-state index < -0.39 is 0 Å². The van der Waals surface area contributed by atoms with Crippen molar-refractivity contribution in [3.05, 3.63) is 6.92 Å². The zero-order valence-corrected chi connectivity index (χ0v) is 4.18. The van der Waals surface area contributed by atoms with E-state index in [1.807, 2.05) is 0 Å². The summed E-state index contributed by atoms with van der Waals surface area (Å²) in [6.07, 6.45) is 0. The topological polar surface area (TPSA) is 17.1 Å². The van der Waals surface area contributed by atoms with Gasteiger partial charge in [0.25, 0.3) is 0 Å². The van der Waals surface area contributed by atoms with Gasteiger partial charge in [-0.25, -0.2) is 0 Å². The molecule has 0 aromatic rings. The molecule has 0 aromatic carbocycles. The van der Waals surface area contributed by atoms with Crippen LogP contribution in [0.3, 0.4) is 0 Å². The van der Waals surface area contributed by atoms with Gasteiger partial charge in [0.1, 0.15) is 0 Å². The van der Waals surface area contributed by atoms with E-state index in [9.17, 15) is 0 Å². The second-order valence-corrected chi connectivity index (χ2v) is 0. The van der Waals surface area contributed by atoms with Crippen LogP contribution in [-0.4, -0.2) is 0 Å². The Kier molecular flexibility index (Phi) is 185. The first kappa shape index (κ1) is 8.82. The van der Waals surface area contributed by atoms with E-state index in [1.165, 1.54) is 0 Å². The molecule has 0 spiro atoms. The van der Waals surface area contributed by atoms with E-state index in [4.69, 9.17) is 3.32 Å². The summed E-state index contributed by atoms with van der Waals surface area (Å²) in [5, 5.41) is 0. The van der Waals surface area contributed by atoms with Crippen LogP contribution < -0.4 is 0 Å². The molecule has 0 amide bonds. The van der Waals surface area contributed by atoms with Crippen molar-refractivity contribution in [1.29, 1.82) is 0 Å². The first-order valence-corrected chi connectivity index (χ1v) is 1.55. The van der Waals surface area contributed by atoms with E-state index in [1.54, 1.807) is 6.92 Å². The van der Waals surface area contributed by atoms with Gasteiger partial charge in [-0.3, -0.25) is 0 Å². The predicted molar refractivity (Wildman–Crippen MR) is 11.7 cm³/mol. The Balaban J connectivity index is 0. The standard InChI is InChI=1S/C2H5.O.Ti/c1-2;;/h1H2,2H3;;/q-1;;+1. The number of hydrogen-bond acceptors (Lipinski definition) is 1. The van der Waals surface area contributed by atoms with E-state index in [0.717, 1.165) is 20.4 Å². The van der Waals surface area contributed by atoms with Crippen molar-refractivity contribution in [2.75, 3.05) is 0 Å². The second-order valence-electron chi connectivity index (χ2n) is 0. The molecule has 0 aliphatic carbocycles. The van der Waals surface area contributed by atoms with Gasteiger partial charge in [0.05, 0.1) is 0 Å². The number of hydrogen-bond donors (Lipinski definition) is 0. The Labute approximate surface area is 38.1 Å². The third kappa shape index (κ3) is 21.8. The van der Waals surface area contributed by atoms with Crippen molar-refractivity contribution in [2.45, 2.75) is 6.92 Å². The van der Waals surface area contributed by atoms with Crippen LogP contribution in [0.5, 0.6) is 0 Å². The van der Waals surface area contributed by atoms with Gasteiger partial charge in [-0.05, 0) is 0 Å². The summed E-state index contributed by atoms with van der Waals surface area (Å²) in [7, 11) is 0. The zero-order valence-electron chi connectivity index (χ0n) is 2.62. The third-order valence-electron chi connectivity index (χ3n) is 0. The fourth-order valence-electron chi connectivity index (χ4n) is 0. The van der Waals surface area contributed by atoms with Gasteiger partial charge in [-0.2, -0.15) is 6.92 Å². The van der Waals surface area contributed by atoms with Crippen LogP contribution in [0.4, 0.5) is 0 Å². The summed E-state index contributed by atoms with van der Waals surface area (Å²) in [6, 6.07) is 0. The monoisotopic (exact) mass is 93.0 g/mol. The average Bonchev–Trinajstić information content (AvgIpc) is 1.50. The van der Waals surface area contributed by atoms with E-state index >= 15 is 0 Å².